The van der Waals surface area contributed by atoms with E-state index >= 15 is 0 Å². The summed E-state index contributed by atoms with van der Waals surface area (Å²) in [5.74, 6) is 0. The highest BCUT2D eigenvalue weighted by Gasteiger charge is 2.01. The van der Waals surface area contributed by atoms with Crippen molar-refractivity contribution < 1.29 is 0 Å². The fraction of sp³-hybridized carbons (Fsp3) is 0.467. The molecule has 0 aliphatic heterocycles. The fourth-order valence-corrected chi connectivity index (χ4v) is 1.48. The molecule has 0 unspecified atom stereocenters. The SMILES string of the molecule is C/C=C(/CNC)c1ccccc1C.CCC. The van der Waals surface area contributed by atoms with Gasteiger partial charge in [-0.05, 0) is 37.6 Å². The number of nitrogens with one attached hydrogen (secondary N) is 1. The first-order valence-corrected chi connectivity index (χ1v) is 6.06. The first-order valence-electron chi connectivity index (χ1n) is 6.06. The average Bonchev–Trinajstić information content (AvgIpc) is 2.28. The fourth-order valence-electron chi connectivity index (χ4n) is 1.48. The van der Waals surface area contributed by atoms with Gasteiger partial charge in [0, 0.05) is 6.54 Å². The largest absolute Gasteiger partial charge is 0.316 e. The summed E-state index contributed by atoms with van der Waals surface area (Å²) in [7, 11) is 1.97. The average molecular weight is 219 g/mol. The van der Waals surface area contributed by atoms with Crippen LogP contribution in [0.15, 0.2) is 30.3 Å². The Hall–Kier alpha value is -1.08. The van der Waals surface area contributed by atoms with E-state index in [2.05, 4.69) is 63.4 Å². The summed E-state index contributed by atoms with van der Waals surface area (Å²) in [6.07, 6.45) is 3.42. The molecule has 0 aliphatic rings. The Morgan fingerprint density at radius 1 is 1.25 bits per heavy atom. The van der Waals surface area contributed by atoms with Gasteiger partial charge in [0.2, 0.25) is 0 Å². The van der Waals surface area contributed by atoms with E-state index in [4.69, 9.17) is 0 Å². The first-order chi connectivity index (χ1) is 7.71. The number of hydrogen-bond donors (Lipinski definition) is 1. The van der Waals surface area contributed by atoms with Gasteiger partial charge in [0.05, 0.1) is 0 Å². The van der Waals surface area contributed by atoms with Crippen LogP contribution in [0.3, 0.4) is 0 Å². The molecule has 1 nitrogen and oxygen atoms in total. The van der Waals surface area contributed by atoms with Crippen LogP contribution in [0.25, 0.3) is 5.57 Å². The van der Waals surface area contributed by atoms with Crippen LogP contribution in [-0.2, 0) is 0 Å². The van der Waals surface area contributed by atoms with Gasteiger partial charge >= 0.3 is 0 Å². The lowest BCUT2D eigenvalue weighted by atomic mass is 10.0. The van der Waals surface area contributed by atoms with E-state index in [1.165, 1.54) is 23.1 Å². The minimum atomic E-state index is 0.932. The molecule has 0 radical (unpaired) electrons. The Kier molecular flexibility index (Phi) is 8.55. The lowest BCUT2D eigenvalue weighted by Gasteiger charge is -2.09. The second-order valence-electron chi connectivity index (χ2n) is 3.87. The maximum atomic E-state index is 3.18. The Bertz CT molecular complexity index is 313. The van der Waals surface area contributed by atoms with Gasteiger partial charge in [-0.25, -0.2) is 0 Å². The van der Waals surface area contributed by atoms with Crippen LogP contribution in [0.5, 0.6) is 0 Å². The quantitative estimate of drug-likeness (QED) is 0.809. The third-order valence-corrected chi connectivity index (χ3v) is 2.21. The highest BCUT2D eigenvalue weighted by atomic mass is 14.8. The van der Waals surface area contributed by atoms with Crippen molar-refractivity contribution in [3.63, 3.8) is 0 Å². The molecule has 0 spiro atoms. The van der Waals surface area contributed by atoms with E-state index in [0.29, 0.717) is 0 Å². The van der Waals surface area contributed by atoms with Gasteiger partial charge in [-0.15, -0.1) is 0 Å². The second kappa shape index (κ2) is 9.17. The van der Waals surface area contributed by atoms with Gasteiger partial charge in [0.15, 0.2) is 0 Å². The van der Waals surface area contributed by atoms with Crippen LogP contribution in [0.4, 0.5) is 0 Å². The molecule has 0 aromatic heterocycles. The molecule has 16 heavy (non-hydrogen) atoms. The van der Waals surface area contributed by atoms with Crippen molar-refractivity contribution in [2.24, 2.45) is 0 Å². The highest BCUT2D eigenvalue weighted by molar-refractivity contribution is 5.69. The molecule has 0 saturated carbocycles. The topological polar surface area (TPSA) is 12.0 Å². The molecule has 0 fully saturated rings. The first kappa shape index (κ1) is 14.9. The van der Waals surface area contributed by atoms with Gasteiger partial charge in [-0.1, -0.05) is 50.6 Å². The Morgan fingerprint density at radius 3 is 2.25 bits per heavy atom. The Morgan fingerprint density at radius 2 is 1.81 bits per heavy atom. The zero-order chi connectivity index (χ0) is 12.4. The number of rotatable bonds is 3. The standard InChI is InChI=1S/C12H17N.C3H8/c1-4-11(9-13-3)12-8-6-5-7-10(12)2;1-3-2/h4-8,13H,9H2,1-3H3;3H2,1-2H3/b11-4-;. The maximum Gasteiger partial charge on any atom is 0.0205 e. The van der Waals surface area contributed by atoms with Gasteiger partial charge in [0.25, 0.3) is 0 Å². The summed E-state index contributed by atoms with van der Waals surface area (Å²) < 4.78 is 0. The summed E-state index contributed by atoms with van der Waals surface area (Å²) >= 11 is 0. The van der Waals surface area contributed by atoms with Crippen LogP contribution in [0.1, 0.15) is 38.3 Å². The molecule has 0 saturated heterocycles. The van der Waals surface area contributed by atoms with Crippen LogP contribution < -0.4 is 5.32 Å². The summed E-state index contributed by atoms with van der Waals surface area (Å²) in [4.78, 5) is 0. The van der Waals surface area contributed by atoms with Crippen LogP contribution in [-0.4, -0.2) is 13.6 Å². The van der Waals surface area contributed by atoms with E-state index in [0.717, 1.165) is 6.54 Å². The molecule has 0 aliphatic carbocycles. The molecule has 1 aromatic carbocycles. The van der Waals surface area contributed by atoms with Crippen molar-refractivity contribution >= 4 is 5.57 Å². The van der Waals surface area contributed by atoms with Crippen molar-refractivity contribution in [2.75, 3.05) is 13.6 Å². The van der Waals surface area contributed by atoms with Gasteiger partial charge < -0.3 is 5.32 Å². The second-order valence-corrected chi connectivity index (χ2v) is 3.87. The lowest BCUT2D eigenvalue weighted by Crippen LogP contribution is -2.10. The predicted octanol–water partition coefficient (Wildman–Crippen LogP) is 4.03. The van der Waals surface area contributed by atoms with Crippen molar-refractivity contribution in [3.8, 4) is 0 Å². The summed E-state index contributed by atoms with van der Waals surface area (Å²) in [5, 5.41) is 3.18. The molecule has 1 aromatic rings. The minimum Gasteiger partial charge on any atom is -0.316 e. The van der Waals surface area contributed by atoms with Crippen molar-refractivity contribution in [1.29, 1.82) is 0 Å². The van der Waals surface area contributed by atoms with Gasteiger partial charge in [-0.3, -0.25) is 0 Å². The lowest BCUT2D eigenvalue weighted by molar-refractivity contribution is 0.929. The Balaban J connectivity index is 0.000000673. The summed E-state index contributed by atoms with van der Waals surface area (Å²) in [6.45, 7) is 9.41. The van der Waals surface area contributed by atoms with E-state index in [1.54, 1.807) is 0 Å². The number of benzene rings is 1. The van der Waals surface area contributed by atoms with Crippen molar-refractivity contribution in [1.82, 2.24) is 5.32 Å². The number of aryl methyl sites for hydroxylation is 1. The van der Waals surface area contributed by atoms with Crippen molar-refractivity contribution in [3.05, 3.63) is 41.5 Å². The molecular weight excluding hydrogens is 194 g/mol. The normalized spacial score (nSPS) is 10.7. The third-order valence-electron chi connectivity index (χ3n) is 2.21. The molecule has 0 atom stereocenters. The highest BCUT2D eigenvalue weighted by Crippen LogP contribution is 2.17. The molecule has 1 rings (SSSR count). The van der Waals surface area contributed by atoms with Crippen LogP contribution >= 0.6 is 0 Å². The monoisotopic (exact) mass is 219 g/mol. The molecule has 0 amide bonds. The Labute approximate surface area is 101 Å². The van der Waals surface area contributed by atoms with Crippen LogP contribution in [0, 0.1) is 6.92 Å². The molecule has 1 heteroatoms. The number of allylic oxidation sites excluding steroid dienone is 1. The number of likely N-dealkylation sites (N-methyl/N-ethyl adjacent to an activating group) is 1. The zero-order valence-corrected chi connectivity index (χ0v) is 11.3. The van der Waals surface area contributed by atoms with Gasteiger partial charge in [-0.2, -0.15) is 0 Å². The van der Waals surface area contributed by atoms with E-state index in [9.17, 15) is 0 Å². The third kappa shape index (κ3) is 5.13. The molecule has 0 heterocycles. The molecule has 90 valence electrons. The van der Waals surface area contributed by atoms with Crippen LogP contribution in [0.2, 0.25) is 0 Å². The maximum absolute atomic E-state index is 3.18. The van der Waals surface area contributed by atoms with Gasteiger partial charge in [0.1, 0.15) is 0 Å². The summed E-state index contributed by atoms with van der Waals surface area (Å²) in [6, 6.07) is 8.48. The zero-order valence-electron chi connectivity index (χ0n) is 11.3. The summed E-state index contributed by atoms with van der Waals surface area (Å²) in [5.41, 5.74) is 4.05. The van der Waals surface area contributed by atoms with E-state index in [-0.39, 0.29) is 0 Å². The van der Waals surface area contributed by atoms with E-state index < -0.39 is 0 Å². The molecule has 0 bridgehead atoms. The smallest absolute Gasteiger partial charge is 0.0205 e. The molecular formula is C15H25N. The minimum absolute atomic E-state index is 0.932. The van der Waals surface area contributed by atoms with E-state index in [1.807, 2.05) is 7.05 Å². The molecule has 1 N–H and O–H groups in total. The van der Waals surface area contributed by atoms with Crippen molar-refractivity contribution in [2.45, 2.75) is 34.1 Å². The predicted molar refractivity (Wildman–Crippen MR) is 74.7 cm³/mol. The number of hydrogen-bond acceptors (Lipinski definition) is 1.